The van der Waals surface area contributed by atoms with Crippen LogP contribution in [-0.2, 0) is 20.9 Å². The van der Waals surface area contributed by atoms with E-state index in [1.54, 1.807) is 0 Å². The number of hydrogen-bond donors (Lipinski definition) is 2. The first-order valence-electron chi connectivity index (χ1n) is 9.40. The molecule has 3 rings (SSSR count). The van der Waals surface area contributed by atoms with E-state index in [1.165, 1.54) is 11.9 Å². The number of carbonyl (C=O) groups excluding carboxylic acids is 3. The van der Waals surface area contributed by atoms with Gasteiger partial charge < -0.3 is 29.6 Å². The van der Waals surface area contributed by atoms with E-state index in [0.717, 1.165) is 22.6 Å². The van der Waals surface area contributed by atoms with Gasteiger partial charge in [-0.15, -0.1) is 4.73 Å². The molecule has 1 aromatic heterocycles. The van der Waals surface area contributed by atoms with Gasteiger partial charge in [0, 0.05) is 25.7 Å². The van der Waals surface area contributed by atoms with Gasteiger partial charge in [0.1, 0.15) is 19.2 Å². The van der Waals surface area contributed by atoms with Crippen molar-refractivity contribution in [2.24, 2.45) is 0 Å². The molecule has 1 saturated heterocycles. The molecule has 0 spiro atoms. The van der Waals surface area contributed by atoms with E-state index in [4.69, 9.17) is 9.57 Å². The molecule has 2 heterocycles. The van der Waals surface area contributed by atoms with Crippen molar-refractivity contribution in [1.82, 2.24) is 14.5 Å². The van der Waals surface area contributed by atoms with Crippen LogP contribution >= 0.6 is 0 Å². The predicted molar refractivity (Wildman–Crippen MR) is 103 cm³/mol. The summed E-state index contributed by atoms with van der Waals surface area (Å²) in [6, 6.07) is 10.6. The summed E-state index contributed by atoms with van der Waals surface area (Å²) in [5, 5.41) is 19.2. The smallest absolute Gasteiger partial charge is 0.410 e. The minimum Gasteiger partial charge on any atom is -0.492 e. The molecule has 0 bridgehead atoms. The van der Waals surface area contributed by atoms with Crippen molar-refractivity contribution < 1.29 is 34.2 Å². The number of rotatable bonds is 6. The van der Waals surface area contributed by atoms with Gasteiger partial charge in [-0.25, -0.2) is 9.59 Å². The highest BCUT2D eigenvalue weighted by atomic mass is 16.7. The first-order valence-corrected chi connectivity index (χ1v) is 9.40. The van der Waals surface area contributed by atoms with E-state index in [9.17, 15) is 24.6 Å². The molecule has 0 radical (unpaired) electrons. The molecule has 2 N–H and O–H groups in total. The van der Waals surface area contributed by atoms with Crippen LogP contribution in [0.5, 0.6) is 11.8 Å². The van der Waals surface area contributed by atoms with E-state index in [-0.39, 0.29) is 13.2 Å². The zero-order valence-corrected chi connectivity index (χ0v) is 16.4. The van der Waals surface area contributed by atoms with Crippen LogP contribution in [0.25, 0.3) is 0 Å². The Balaban J connectivity index is 1.54. The number of aromatic nitrogens is 1. The number of aromatic hydroxyl groups is 2. The molecule has 1 aromatic carbocycles. The highest BCUT2D eigenvalue weighted by molar-refractivity contribution is 5.88. The second-order valence-corrected chi connectivity index (χ2v) is 6.90. The van der Waals surface area contributed by atoms with Gasteiger partial charge in [-0.2, -0.15) is 0 Å². The lowest BCUT2D eigenvalue weighted by atomic mass is 10.2. The Bertz CT molecular complexity index is 893. The molecule has 10 heteroatoms. The fourth-order valence-corrected chi connectivity index (χ4v) is 3.14. The Morgan fingerprint density at radius 3 is 2.43 bits per heavy atom. The van der Waals surface area contributed by atoms with Gasteiger partial charge >= 0.3 is 12.1 Å². The molecule has 10 nitrogen and oxygen atoms in total. The standard InChI is InChI=1S/C20H23N3O7/c1-21(20(28)29-13-14-6-3-2-4-7-14)12-18(26)22-11-5-8-15(22)19(27)30-23-16(24)9-10-17(23)25/h2-4,6-7,9-10,15,24-25H,5,8,11-13H2,1H3/t15-/m0/s1. The van der Waals surface area contributed by atoms with Gasteiger partial charge in [-0.1, -0.05) is 30.3 Å². The topological polar surface area (TPSA) is 122 Å². The summed E-state index contributed by atoms with van der Waals surface area (Å²) in [5.41, 5.74) is 0.824. The molecule has 1 aliphatic rings. The summed E-state index contributed by atoms with van der Waals surface area (Å²) in [6.45, 7) is 0.146. The number of likely N-dealkylation sites (tertiary alicyclic amines) is 1. The fraction of sp³-hybridized carbons (Fsp3) is 0.350. The average molecular weight is 417 g/mol. The Hall–Kier alpha value is -3.69. The summed E-state index contributed by atoms with van der Waals surface area (Å²) in [4.78, 5) is 44.7. The highest BCUT2D eigenvalue weighted by Gasteiger charge is 2.37. The van der Waals surface area contributed by atoms with Crippen LogP contribution in [0.2, 0.25) is 0 Å². The van der Waals surface area contributed by atoms with Crippen LogP contribution < -0.4 is 4.84 Å². The van der Waals surface area contributed by atoms with Crippen molar-refractivity contribution in [1.29, 1.82) is 0 Å². The van der Waals surface area contributed by atoms with Gasteiger partial charge in [0.05, 0.1) is 0 Å². The molecule has 1 atom stereocenters. The molecule has 2 amide bonds. The number of benzene rings is 1. The first kappa shape index (κ1) is 21.0. The highest BCUT2D eigenvalue weighted by Crippen LogP contribution is 2.22. The lowest BCUT2D eigenvalue weighted by molar-refractivity contribution is -0.154. The molecular weight excluding hydrogens is 394 g/mol. The van der Waals surface area contributed by atoms with Crippen molar-refractivity contribution in [2.75, 3.05) is 20.1 Å². The normalized spacial score (nSPS) is 15.6. The Morgan fingerprint density at radius 2 is 1.77 bits per heavy atom. The van der Waals surface area contributed by atoms with Crippen molar-refractivity contribution in [3.63, 3.8) is 0 Å². The third-order valence-corrected chi connectivity index (χ3v) is 4.71. The maximum absolute atomic E-state index is 12.6. The van der Waals surface area contributed by atoms with Gasteiger partial charge in [0.25, 0.3) is 0 Å². The van der Waals surface area contributed by atoms with Gasteiger partial charge in [-0.3, -0.25) is 4.79 Å². The Labute approximate surface area is 172 Å². The van der Waals surface area contributed by atoms with Gasteiger partial charge in [0.15, 0.2) is 0 Å². The largest absolute Gasteiger partial charge is 0.492 e. The molecular formula is C20H23N3O7. The summed E-state index contributed by atoms with van der Waals surface area (Å²) < 4.78 is 5.77. The maximum atomic E-state index is 12.6. The van der Waals surface area contributed by atoms with E-state index in [2.05, 4.69) is 0 Å². The minimum absolute atomic E-state index is 0.0841. The first-order chi connectivity index (χ1) is 14.4. The molecule has 1 aliphatic heterocycles. The lowest BCUT2D eigenvalue weighted by Crippen LogP contribution is -2.48. The number of likely N-dealkylation sites (N-methyl/N-ethyl adjacent to an activating group) is 1. The molecule has 0 unspecified atom stereocenters. The number of nitrogens with zero attached hydrogens (tertiary/aromatic N) is 3. The van der Waals surface area contributed by atoms with Gasteiger partial charge in [-0.05, 0) is 18.4 Å². The summed E-state index contributed by atoms with van der Waals surface area (Å²) >= 11 is 0. The van der Waals surface area contributed by atoms with E-state index < -0.39 is 35.8 Å². The third kappa shape index (κ3) is 4.83. The number of amides is 2. The predicted octanol–water partition coefficient (Wildman–Crippen LogP) is 1.11. The summed E-state index contributed by atoms with van der Waals surface area (Å²) in [5.74, 6) is -2.12. The second kappa shape index (κ2) is 9.21. The summed E-state index contributed by atoms with van der Waals surface area (Å²) in [6.07, 6.45) is 0.292. The summed E-state index contributed by atoms with van der Waals surface area (Å²) in [7, 11) is 1.44. The van der Waals surface area contributed by atoms with Crippen LogP contribution in [0.15, 0.2) is 42.5 Å². The molecule has 0 aliphatic carbocycles. The quantitative estimate of drug-likeness (QED) is 0.722. The monoisotopic (exact) mass is 417 g/mol. The maximum Gasteiger partial charge on any atom is 0.410 e. The third-order valence-electron chi connectivity index (χ3n) is 4.71. The average Bonchev–Trinajstić information content (AvgIpc) is 3.35. The zero-order chi connectivity index (χ0) is 21.7. The Morgan fingerprint density at radius 1 is 1.10 bits per heavy atom. The minimum atomic E-state index is -0.882. The zero-order valence-electron chi connectivity index (χ0n) is 16.4. The van der Waals surface area contributed by atoms with Gasteiger partial charge in [0.2, 0.25) is 17.7 Å². The van der Waals surface area contributed by atoms with Crippen LogP contribution in [0.1, 0.15) is 18.4 Å². The Kier molecular flexibility index (Phi) is 6.45. The SMILES string of the molecule is CN(CC(=O)N1CCC[C@H]1C(=O)On1c(O)ccc1O)C(=O)OCc1ccccc1. The van der Waals surface area contributed by atoms with E-state index in [0.29, 0.717) is 24.1 Å². The number of hydrogen-bond acceptors (Lipinski definition) is 7. The van der Waals surface area contributed by atoms with Crippen molar-refractivity contribution in [3.05, 3.63) is 48.0 Å². The van der Waals surface area contributed by atoms with E-state index in [1.807, 2.05) is 30.3 Å². The van der Waals surface area contributed by atoms with Crippen LogP contribution in [0, 0.1) is 0 Å². The lowest BCUT2D eigenvalue weighted by Gasteiger charge is -2.25. The van der Waals surface area contributed by atoms with Crippen LogP contribution in [0.4, 0.5) is 4.79 Å². The van der Waals surface area contributed by atoms with Crippen molar-refractivity contribution >= 4 is 18.0 Å². The van der Waals surface area contributed by atoms with Crippen LogP contribution in [-0.4, -0.2) is 68.9 Å². The number of ether oxygens (including phenoxy) is 1. The number of carbonyl (C=O) groups is 3. The molecule has 2 aromatic rings. The fourth-order valence-electron chi connectivity index (χ4n) is 3.14. The van der Waals surface area contributed by atoms with Crippen molar-refractivity contribution in [3.8, 4) is 11.8 Å². The van der Waals surface area contributed by atoms with E-state index >= 15 is 0 Å². The molecule has 1 fully saturated rings. The molecule has 30 heavy (non-hydrogen) atoms. The van der Waals surface area contributed by atoms with Crippen molar-refractivity contribution in [2.45, 2.75) is 25.5 Å². The molecule has 160 valence electrons. The second-order valence-electron chi connectivity index (χ2n) is 6.90. The van der Waals surface area contributed by atoms with Crippen LogP contribution in [0.3, 0.4) is 0 Å². The molecule has 0 saturated carbocycles.